The molecule has 0 N–H and O–H groups in total. The summed E-state index contributed by atoms with van der Waals surface area (Å²) in [6.07, 6.45) is 1.66. The molecule has 1 aromatic carbocycles. The summed E-state index contributed by atoms with van der Waals surface area (Å²) in [5.74, 6) is -0.592. The van der Waals surface area contributed by atoms with Gasteiger partial charge in [0.1, 0.15) is 6.10 Å². The molecule has 0 aromatic heterocycles. The van der Waals surface area contributed by atoms with Crippen molar-refractivity contribution in [2.45, 2.75) is 83.8 Å². The van der Waals surface area contributed by atoms with Crippen molar-refractivity contribution in [3.63, 3.8) is 0 Å². The summed E-state index contributed by atoms with van der Waals surface area (Å²) in [5, 5.41) is 0. The highest BCUT2D eigenvalue weighted by molar-refractivity contribution is 5.13. The van der Waals surface area contributed by atoms with Crippen molar-refractivity contribution >= 4 is 0 Å². The van der Waals surface area contributed by atoms with Crippen molar-refractivity contribution in [3.8, 4) is 0 Å². The topological polar surface area (TPSA) is 36.9 Å². The lowest BCUT2D eigenvalue weighted by Gasteiger charge is -2.30. The number of benzene rings is 1. The van der Waals surface area contributed by atoms with Crippen LogP contribution in [0.4, 0.5) is 4.39 Å². The van der Waals surface area contributed by atoms with Crippen LogP contribution in [0.1, 0.15) is 52.5 Å². The normalized spacial score (nSPS) is 22.9. The minimum atomic E-state index is -0.592. The first-order valence-electron chi connectivity index (χ1n) is 9.60. The van der Waals surface area contributed by atoms with E-state index in [1.807, 2.05) is 58.0 Å². The quantitative estimate of drug-likeness (QED) is 0.533. The number of unbranched alkanes of at least 4 members (excludes halogenated alkanes) is 1. The number of ether oxygens (including phenoxy) is 4. The van der Waals surface area contributed by atoms with Gasteiger partial charge in [-0.25, -0.2) is 0 Å². The number of halogens is 1. The first-order valence-corrected chi connectivity index (χ1v) is 9.60. The van der Waals surface area contributed by atoms with Gasteiger partial charge in [0, 0.05) is 0 Å². The average molecular weight is 368 g/mol. The van der Waals surface area contributed by atoms with E-state index in [-0.39, 0.29) is 31.1 Å². The van der Waals surface area contributed by atoms with Crippen molar-refractivity contribution in [2.24, 2.45) is 0 Å². The van der Waals surface area contributed by atoms with Crippen LogP contribution in [-0.4, -0.2) is 43.5 Å². The highest BCUT2D eigenvalue weighted by Gasteiger charge is 2.38. The Hall–Kier alpha value is -1.01. The van der Waals surface area contributed by atoms with Crippen LogP contribution < -0.4 is 0 Å². The Kier molecular flexibility index (Phi) is 8.48. The summed E-state index contributed by atoms with van der Waals surface area (Å²) < 4.78 is 36.4. The fraction of sp³-hybridized carbons (Fsp3) is 0.714. The van der Waals surface area contributed by atoms with Crippen LogP contribution in [0.15, 0.2) is 30.3 Å². The van der Waals surface area contributed by atoms with E-state index in [1.54, 1.807) is 0 Å². The molecule has 1 saturated heterocycles. The van der Waals surface area contributed by atoms with Crippen molar-refractivity contribution in [3.05, 3.63) is 35.9 Å². The van der Waals surface area contributed by atoms with E-state index < -0.39 is 5.79 Å². The van der Waals surface area contributed by atoms with Gasteiger partial charge < -0.3 is 18.9 Å². The number of hydrogen-bond donors (Lipinski definition) is 0. The number of alkyl halides is 1. The Labute approximate surface area is 157 Å². The third-order valence-corrected chi connectivity index (χ3v) is 4.72. The smallest absolute Gasteiger partial charge is 0.163 e. The fourth-order valence-corrected chi connectivity index (χ4v) is 3.00. The van der Waals surface area contributed by atoms with Gasteiger partial charge in [-0.05, 0) is 52.5 Å². The van der Waals surface area contributed by atoms with E-state index >= 15 is 0 Å². The molecule has 1 unspecified atom stereocenters. The third kappa shape index (κ3) is 6.95. The first kappa shape index (κ1) is 21.3. The van der Waals surface area contributed by atoms with Gasteiger partial charge in [-0.2, -0.15) is 0 Å². The molecule has 0 amide bonds. The van der Waals surface area contributed by atoms with Gasteiger partial charge in [-0.3, -0.25) is 4.39 Å². The van der Waals surface area contributed by atoms with Crippen LogP contribution in [-0.2, 0) is 25.6 Å². The molecule has 1 aliphatic heterocycles. The predicted octanol–water partition coefficient (Wildman–Crippen LogP) is 4.66. The summed E-state index contributed by atoms with van der Waals surface area (Å²) in [6, 6.07) is 10.1. The van der Waals surface area contributed by atoms with Crippen molar-refractivity contribution in [1.29, 1.82) is 0 Å². The Morgan fingerprint density at radius 1 is 1.15 bits per heavy atom. The van der Waals surface area contributed by atoms with Gasteiger partial charge in [-0.1, -0.05) is 30.3 Å². The second-order valence-corrected chi connectivity index (χ2v) is 7.43. The van der Waals surface area contributed by atoms with E-state index in [9.17, 15) is 4.39 Å². The number of hydrogen-bond acceptors (Lipinski definition) is 4. The SMILES string of the molecule is CC(OCc1ccccc1)[C@@H](C)O[C@@H](CCCCF)[C@@H]1COC(C)(C)O1. The van der Waals surface area contributed by atoms with Crippen molar-refractivity contribution in [1.82, 2.24) is 0 Å². The van der Waals surface area contributed by atoms with Crippen LogP contribution in [0.25, 0.3) is 0 Å². The molecule has 1 aliphatic rings. The van der Waals surface area contributed by atoms with Gasteiger partial charge >= 0.3 is 0 Å². The Morgan fingerprint density at radius 2 is 1.88 bits per heavy atom. The largest absolute Gasteiger partial charge is 0.371 e. The van der Waals surface area contributed by atoms with Crippen LogP contribution >= 0.6 is 0 Å². The van der Waals surface area contributed by atoms with Gasteiger partial charge in [-0.15, -0.1) is 0 Å². The van der Waals surface area contributed by atoms with Crippen LogP contribution in [0, 0.1) is 0 Å². The molecule has 4 atom stereocenters. The molecule has 1 aromatic rings. The summed E-state index contributed by atoms with van der Waals surface area (Å²) in [5.41, 5.74) is 1.14. The van der Waals surface area contributed by atoms with E-state index in [1.165, 1.54) is 0 Å². The fourth-order valence-electron chi connectivity index (χ4n) is 3.00. The maximum Gasteiger partial charge on any atom is 0.163 e. The Morgan fingerprint density at radius 3 is 2.50 bits per heavy atom. The van der Waals surface area contributed by atoms with E-state index in [4.69, 9.17) is 18.9 Å². The zero-order valence-corrected chi connectivity index (χ0v) is 16.4. The monoisotopic (exact) mass is 368 g/mol. The summed E-state index contributed by atoms with van der Waals surface area (Å²) >= 11 is 0. The van der Waals surface area contributed by atoms with E-state index in [2.05, 4.69) is 0 Å². The molecular weight excluding hydrogens is 335 g/mol. The summed E-state index contributed by atoms with van der Waals surface area (Å²) in [6.45, 7) is 8.59. The van der Waals surface area contributed by atoms with Crippen LogP contribution in [0.5, 0.6) is 0 Å². The maximum atomic E-state index is 12.5. The van der Waals surface area contributed by atoms with Crippen molar-refractivity contribution in [2.75, 3.05) is 13.3 Å². The predicted molar refractivity (Wildman–Crippen MR) is 99.8 cm³/mol. The summed E-state index contributed by atoms with van der Waals surface area (Å²) in [7, 11) is 0. The van der Waals surface area contributed by atoms with Gasteiger partial charge in [0.25, 0.3) is 0 Å². The van der Waals surface area contributed by atoms with Gasteiger partial charge in [0.05, 0.1) is 38.2 Å². The molecule has 0 saturated carbocycles. The van der Waals surface area contributed by atoms with Gasteiger partial charge in [0.15, 0.2) is 5.79 Å². The van der Waals surface area contributed by atoms with Gasteiger partial charge in [0.2, 0.25) is 0 Å². The van der Waals surface area contributed by atoms with E-state index in [0.717, 1.165) is 18.4 Å². The van der Waals surface area contributed by atoms with Crippen molar-refractivity contribution < 1.29 is 23.3 Å². The molecule has 148 valence electrons. The highest BCUT2D eigenvalue weighted by Crippen LogP contribution is 2.28. The second kappa shape index (κ2) is 10.4. The minimum Gasteiger partial charge on any atom is -0.371 e. The zero-order valence-electron chi connectivity index (χ0n) is 16.4. The molecule has 1 fully saturated rings. The lowest BCUT2D eigenvalue weighted by atomic mass is 10.1. The highest BCUT2D eigenvalue weighted by atomic mass is 19.1. The Balaban J connectivity index is 1.86. The maximum absolute atomic E-state index is 12.5. The molecule has 5 heteroatoms. The lowest BCUT2D eigenvalue weighted by molar-refractivity contribution is -0.172. The van der Waals surface area contributed by atoms with Crippen LogP contribution in [0.3, 0.4) is 0 Å². The molecule has 1 heterocycles. The molecule has 0 radical (unpaired) electrons. The lowest BCUT2D eigenvalue weighted by Crippen LogP contribution is -2.39. The summed E-state index contributed by atoms with van der Waals surface area (Å²) in [4.78, 5) is 0. The molecule has 4 nitrogen and oxygen atoms in total. The standard InChI is InChI=1S/C21H33FO4/c1-16(23-14-18-10-6-5-7-11-18)17(2)25-19(12-8-9-13-22)20-15-24-21(3,4)26-20/h5-7,10-11,16-17,19-20H,8-9,12-15H2,1-4H3/t16?,17-,19+,20+/m1/s1. The zero-order chi connectivity index (χ0) is 19.0. The van der Waals surface area contributed by atoms with E-state index in [0.29, 0.717) is 19.6 Å². The molecule has 0 spiro atoms. The molecule has 0 bridgehead atoms. The first-order chi connectivity index (χ1) is 12.4. The second-order valence-electron chi connectivity index (χ2n) is 7.43. The third-order valence-electron chi connectivity index (χ3n) is 4.72. The molecule has 26 heavy (non-hydrogen) atoms. The molecule has 2 rings (SSSR count). The van der Waals surface area contributed by atoms with Crippen LogP contribution in [0.2, 0.25) is 0 Å². The molecular formula is C21H33FO4. The Bertz CT molecular complexity index is 508. The minimum absolute atomic E-state index is 0.0609. The average Bonchev–Trinajstić information content (AvgIpc) is 2.99. The number of rotatable bonds is 11. The molecule has 0 aliphatic carbocycles.